The molecule has 0 radical (unpaired) electrons. The molecular weight excluding hydrogens is 466 g/mol. The summed E-state index contributed by atoms with van der Waals surface area (Å²) in [6.07, 6.45) is 0. The molecule has 1 fully saturated rings. The van der Waals surface area contributed by atoms with Crippen molar-refractivity contribution in [3.63, 3.8) is 0 Å². The molecule has 0 aliphatic carbocycles. The fourth-order valence-electron chi connectivity index (χ4n) is 4.18. The average Bonchev–Trinajstić information content (AvgIpc) is 3.32. The number of carbonyl (C=O) groups excluding carboxylic acids is 1. The van der Waals surface area contributed by atoms with Gasteiger partial charge in [0, 0.05) is 43.6 Å². The number of thiophene rings is 1. The number of rotatable bonds is 5. The molecule has 3 aromatic carbocycles. The molecule has 1 aromatic heterocycles. The zero-order valence-corrected chi connectivity index (χ0v) is 20.4. The monoisotopic (exact) mass is 491 g/mol. The number of hydrogen-bond acceptors (Lipinski definition) is 5. The SMILES string of the molecule is CN(c1ccc2sc(C(=O)N3CCN(c4ccccc4)CC3)cc2c1)S(=O)(=O)c1ccccc1. The normalized spacial score (nSPS) is 14.4. The molecule has 174 valence electrons. The van der Waals surface area contributed by atoms with Crippen LogP contribution in [0.3, 0.4) is 0 Å². The van der Waals surface area contributed by atoms with Gasteiger partial charge in [-0.25, -0.2) is 8.42 Å². The quantitative estimate of drug-likeness (QED) is 0.406. The first kappa shape index (κ1) is 22.4. The lowest BCUT2D eigenvalue weighted by atomic mass is 10.2. The minimum atomic E-state index is -3.66. The number of hydrogen-bond donors (Lipinski definition) is 0. The second-order valence-corrected chi connectivity index (χ2v) is 11.3. The van der Waals surface area contributed by atoms with Gasteiger partial charge in [-0.1, -0.05) is 36.4 Å². The van der Waals surface area contributed by atoms with Crippen LogP contribution in [0.4, 0.5) is 11.4 Å². The summed E-state index contributed by atoms with van der Waals surface area (Å²) in [5.41, 5.74) is 1.74. The van der Waals surface area contributed by atoms with Gasteiger partial charge in [0.15, 0.2) is 0 Å². The largest absolute Gasteiger partial charge is 0.368 e. The number of fused-ring (bicyclic) bond motifs is 1. The van der Waals surface area contributed by atoms with Crippen molar-refractivity contribution in [1.82, 2.24) is 4.90 Å². The molecule has 1 aliphatic rings. The van der Waals surface area contributed by atoms with Crippen LogP contribution < -0.4 is 9.21 Å². The molecule has 34 heavy (non-hydrogen) atoms. The van der Waals surface area contributed by atoms with Crippen molar-refractivity contribution in [2.24, 2.45) is 0 Å². The lowest BCUT2D eigenvalue weighted by Crippen LogP contribution is -2.48. The molecule has 1 saturated heterocycles. The lowest BCUT2D eigenvalue weighted by molar-refractivity contribution is 0.0751. The molecule has 0 N–H and O–H groups in total. The first-order valence-electron chi connectivity index (χ1n) is 11.1. The Morgan fingerprint density at radius 1 is 0.853 bits per heavy atom. The number of carbonyl (C=O) groups is 1. The van der Waals surface area contributed by atoms with E-state index in [0.29, 0.717) is 23.7 Å². The molecule has 5 rings (SSSR count). The maximum atomic E-state index is 13.2. The van der Waals surface area contributed by atoms with E-state index in [9.17, 15) is 13.2 Å². The number of nitrogens with zero attached hydrogens (tertiary/aromatic N) is 3. The molecule has 0 saturated carbocycles. The first-order valence-corrected chi connectivity index (χ1v) is 13.4. The fraction of sp³-hybridized carbons (Fsp3) is 0.192. The van der Waals surface area contributed by atoms with Crippen molar-refractivity contribution >= 4 is 48.7 Å². The van der Waals surface area contributed by atoms with E-state index in [1.54, 1.807) is 43.4 Å². The number of piperazine rings is 1. The molecule has 0 bridgehead atoms. The maximum absolute atomic E-state index is 13.2. The summed E-state index contributed by atoms with van der Waals surface area (Å²) in [6.45, 7) is 2.94. The fourth-order valence-corrected chi connectivity index (χ4v) is 6.40. The summed E-state index contributed by atoms with van der Waals surface area (Å²) in [5.74, 6) is 0.0284. The van der Waals surface area contributed by atoms with Crippen LogP contribution in [0.25, 0.3) is 10.1 Å². The predicted octanol–water partition coefficient (Wildman–Crippen LogP) is 4.69. The van der Waals surface area contributed by atoms with Crippen LogP contribution in [-0.4, -0.2) is 52.5 Å². The van der Waals surface area contributed by atoms with Gasteiger partial charge in [0.2, 0.25) is 0 Å². The summed E-state index contributed by atoms with van der Waals surface area (Å²) in [5, 5.41) is 0.865. The van der Waals surface area contributed by atoms with E-state index in [4.69, 9.17) is 0 Å². The van der Waals surface area contributed by atoms with Crippen LogP contribution in [-0.2, 0) is 10.0 Å². The Balaban J connectivity index is 1.32. The van der Waals surface area contributed by atoms with Crippen LogP contribution >= 0.6 is 11.3 Å². The average molecular weight is 492 g/mol. The van der Waals surface area contributed by atoms with Crippen LogP contribution in [0.5, 0.6) is 0 Å². The van der Waals surface area contributed by atoms with Crippen molar-refractivity contribution in [1.29, 1.82) is 0 Å². The van der Waals surface area contributed by atoms with Gasteiger partial charge in [0.05, 0.1) is 15.5 Å². The summed E-state index contributed by atoms with van der Waals surface area (Å²) in [6, 6.07) is 26.0. The molecular formula is C26H25N3O3S2. The standard InChI is InChI=1S/C26H25N3O3S2/c1-27(34(31,32)23-10-6-3-7-11-23)22-12-13-24-20(18-22)19-25(33-24)26(30)29-16-14-28(15-17-29)21-8-4-2-5-9-21/h2-13,18-19H,14-17H2,1H3. The molecule has 4 aromatic rings. The Bertz CT molecular complexity index is 1410. The topological polar surface area (TPSA) is 60.9 Å². The van der Waals surface area contributed by atoms with Gasteiger partial charge in [-0.3, -0.25) is 9.10 Å². The predicted molar refractivity (Wildman–Crippen MR) is 138 cm³/mol. The molecule has 0 atom stereocenters. The molecule has 0 spiro atoms. The zero-order chi connectivity index (χ0) is 23.7. The van der Waals surface area contributed by atoms with E-state index >= 15 is 0 Å². The van der Waals surface area contributed by atoms with Crippen LogP contribution in [0.2, 0.25) is 0 Å². The highest BCUT2D eigenvalue weighted by Crippen LogP contribution is 2.32. The third-order valence-electron chi connectivity index (χ3n) is 6.16. The van der Waals surface area contributed by atoms with E-state index < -0.39 is 10.0 Å². The Morgan fingerprint density at radius 2 is 1.50 bits per heavy atom. The molecule has 1 amide bonds. The number of amides is 1. The van der Waals surface area contributed by atoms with Crippen molar-refractivity contribution in [2.75, 3.05) is 42.4 Å². The number of anilines is 2. The van der Waals surface area contributed by atoms with Gasteiger partial charge in [-0.05, 0) is 53.9 Å². The highest BCUT2D eigenvalue weighted by Gasteiger charge is 2.25. The second-order valence-electron chi connectivity index (χ2n) is 8.23. The van der Waals surface area contributed by atoms with Crippen molar-refractivity contribution < 1.29 is 13.2 Å². The Kier molecular flexibility index (Phi) is 6.02. The van der Waals surface area contributed by atoms with E-state index in [1.165, 1.54) is 21.3 Å². The zero-order valence-electron chi connectivity index (χ0n) is 18.8. The van der Waals surface area contributed by atoms with Gasteiger partial charge in [-0.2, -0.15) is 0 Å². The molecule has 2 heterocycles. The van der Waals surface area contributed by atoms with Gasteiger partial charge in [0.1, 0.15) is 0 Å². The third-order valence-corrected chi connectivity index (χ3v) is 9.07. The summed E-state index contributed by atoms with van der Waals surface area (Å²) in [4.78, 5) is 18.3. The molecule has 8 heteroatoms. The first-order chi connectivity index (χ1) is 16.4. The number of sulfonamides is 1. The van der Waals surface area contributed by atoms with E-state index in [0.717, 1.165) is 23.2 Å². The minimum Gasteiger partial charge on any atom is -0.368 e. The molecule has 6 nitrogen and oxygen atoms in total. The summed E-state index contributed by atoms with van der Waals surface area (Å²) in [7, 11) is -2.11. The molecule has 1 aliphatic heterocycles. The lowest BCUT2D eigenvalue weighted by Gasteiger charge is -2.35. The summed E-state index contributed by atoms with van der Waals surface area (Å²) >= 11 is 1.45. The molecule has 0 unspecified atom stereocenters. The van der Waals surface area contributed by atoms with Gasteiger partial charge >= 0.3 is 0 Å². The van der Waals surface area contributed by atoms with E-state index in [1.807, 2.05) is 41.3 Å². The Hall–Kier alpha value is -3.36. The van der Waals surface area contributed by atoms with Crippen molar-refractivity contribution in [3.8, 4) is 0 Å². The van der Waals surface area contributed by atoms with Crippen LogP contribution in [0, 0.1) is 0 Å². The number of benzene rings is 3. The highest BCUT2D eigenvalue weighted by atomic mass is 32.2. The smallest absolute Gasteiger partial charge is 0.264 e. The van der Waals surface area contributed by atoms with Crippen molar-refractivity contribution in [3.05, 3.63) is 89.8 Å². The summed E-state index contributed by atoms with van der Waals surface area (Å²) < 4.78 is 28.2. The van der Waals surface area contributed by atoms with Gasteiger partial charge in [-0.15, -0.1) is 11.3 Å². The van der Waals surface area contributed by atoms with Crippen LogP contribution in [0.1, 0.15) is 9.67 Å². The minimum absolute atomic E-state index is 0.0284. The van der Waals surface area contributed by atoms with E-state index in [2.05, 4.69) is 17.0 Å². The van der Waals surface area contributed by atoms with E-state index in [-0.39, 0.29) is 10.8 Å². The Morgan fingerprint density at radius 3 is 2.18 bits per heavy atom. The van der Waals surface area contributed by atoms with Gasteiger partial charge in [0.25, 0.3) is 15.9 Å². The van der Waals surface area contributed by atoms with Crippen molar-refractivity contribution in [2.45, 2.75) is 4.90 Å². The second kappa shape index (κ2) is 9.12. The van der Waals surface area contributed by atoms with Gasteiger partial charge < -0.3 is 9.80 Å². The van der Waals surface area contributed by atoms with Crippen LogP contribution in [0.15, 0.2) is 89.8 Å². The Labute approximate surface area is 203 Å². The third kappa shape index (κ3) is 4.26. The highest BCUT2D eigenvalue weighted by molar-refractivity contribution is 7.92. The number of para-hydroxylation sites is 1. The maximum Gasteiger partial charge on any atom is 0.264 e.